The van der Waals surface area contributed by atoms with Crippen LogP contribution in [0.5, 0.6) is 0 Å². The fourth-order valence-corrected chi connectivity index (χ4v) is 6.87. The number of hydrogen-bond donors (Lipinski definition) is 2. The molecule has 186 valence electrons. The lowest BCUT2D eigenvalue weighted by Crippen LogP contribution is -2.57. The van der Waals surface area contributed by atoms with Crippen molar-refractivity contribution in [2.24, 2.45) is 17.8 Å². The van der Waals surface area contributed by atoms with E-state index in [9.17, 15) is 19.5 Å². The lowest BCUT2D eigenvalue weighted by atomic mass is 9.70. The molecule has 3 heterocycles. The first kappa shape index (κ1) is 25.1. The molecule has 34 heavy (non-hydrogen) atoms. The Morgan fingerprint density at radius 1 is 1.35 bits per heavy atom. The van der Waals surface area contributed by atoms with E-state index in [0.29, 0.717) is 12.1 Å². The van der Waals surface area contributed by atoms with Crippen molar-refractivity contribution in [1.29, 1.82) is 0 Å². The third-order valence-corrected chi connectivity index (χ3v) is 8.34. The molecule has 0 aliphatic carbocycles. The molecule has 7 atom stereocenters. The average molecular weight is 537 g/mol. The average Bonchev–Trinajstić information content (AvgIpc) is 3.35. The SMILES string of the molecule is CCOC(=O)[C@H]1[C@H]2C(=O)N([C@@H](CO)C(C)C)C(C(=O)Nc3cc(C)ccc3C)C23CC(Br)[C@@H]1O3. The number of fused-ring (bicyclic) bond motifs is 1. The van der Waals surface area contributed by atoms with E-state index >= 15 is 0 Å². The van der Waals surface area contributed by atoms with Crippen molar-refractivity contribution in [2.75, 3.05) is 18.5 Å². The van der Waals surface area contributed by atoms with E-state index in [1.165, 1.54) is 4.90 Å². The number of amides is 2. The number of rotatable bonds is 7. The molecule has 0 aromatic heterocycles. The largest absolute Gasteiger partial charge is 0.466 e. The van der Waals surface area contributed by atoms with Crippen LogP contribution in [0, 0.1) is 31.6 Å². The Morgan fingerprint density at radius 2 is 2.06 bits per heavy atom. The molecule has 9 heteroatoms. The Balaban J connectivity index is 1.80. The highest BCUT2D eigenvalue weighted by Crippen LogP contribution is 2.60. The van der Waals surface area contributed by atoms with Gasteiger partial charge in [0.1, 0.15) is 11.6 Å². The monoisotopic (exact) mass is 536 g/mol. The molecule has 0 radical (unpaired) electrons. The molecule has 8 nitrogen and oxygen atoms in total. The molecule has 3 aliphatic rings. The molecule has 1 spiro atoms. The van der Waals surface area contributed by atoms with E-state index in [0.717, 1.165) is 11.1 Å². The van der Waals surface area contributed by atoms with Crippen LogP contribution in [-0.2, 0) is 23.9 Å². The van der Waals surface area contributed by atoms with E-state index < -0.39 is 41.6 Å². The van der Waals surface area contributed by atoms with E-state index in [4.69, 9.17) is 9.47 Å². The summed E-state index contributed by atoms with van der Waals surface area (Å²) in [4.78, 5) is 42.1. The van der Waals surface area contributed by atoms with Crippen molar-refractivity contribution in [3.05, 3.63) is 29.3 Å². The smallest absolute Gasteiger partial charge is 0.312 e. The molecular formula is C25H33BrN2O6. The molecule has 3 aliphatic heterocycles. The maximum Gasteiger partial charge on any atom is 0.312 e. The molecule has 2 bridgehead atoms. The summed E-state index contributed by atoms with van der Waals surface area (Å²) in [5, 5.41) is 13.2. The van der Waals surface area contributed by atoms with E-state index in [1.807, 2.05) is 45.9 Å². The Bertz CT molecular complexity index is 1000. The highest BCUT2D eigenvalue weighted by Gasteiger charge is 2.77. The van der Waals surface area contributed by atoms with Crippen molar-refractivity contribution < 1.29 is 29.0 Å². The zero-order valence-corrected chi connectivity index (χ0v) is 21.8. The minimum Gasteiger partial charge on any atom is -0.466 e. The van der Waals surface area contributed by atoms with Crippen LogP contribution in [0.15, 0.2) is 18.2 Å². The molecular weight excluding hydrogens is 504 g/mol. The van der Waals surface area contributed by atoms with Gasteiger partial charge in [-0.25, -0.2) is 0 Å². The third-order valence-electron chi connectivity index (χ3n) is 7.50. The van der Waals surface area contributed by atoms with Crippen molar-refractivity contribution in [3.8, 4) is 0 Å². The summed E-state index contributed by atoms with van der Waals surface area (Å²) in [6.45, 7) is 9.25. The second kappa shape index (κ2) is 9.24. The fourth-order valence-electron chi connectivity index (χ4n) is 5.92. The highest BCUT2D eigenvalue weighted by molar-refractivity contribution is 9.09. The van der Waals surface area contributed by atoms with E-state index in [1.54, 1.807) is 6.92 Å². The Hall–Kier alpha value is -1.97. The fraction of sp³-hybridized carbons (Fsp3) is 0.640. The number of ether oxygens (including phenoxy) is 2. The van der Waals surface area contributed by atoms with Crippen LogP contribution in [0.1, 0.15) is 38.3 Å². The van der Waals surface area contributed by atoms with Crippen LogP contribution >= 0.6 is 15.9 Å². The summed E-state index contributed by atoms with van der Waals surface area (Å²) in [5.41, 5.74) is 1.36. The van der Waals surface area contributed by atoms with Crippen LogP contribution in [0.2, 0.25) is 0 Å². The first-order valence-electron chi connectivity index (χ1n) is 11.9. The minimum absolute atomic E-state index is 0.113. The summed E-state index contributed by atoms with van der Waals surface area (Å²) in [6, 6.07) is 4.19. The molecule has 3 saturated heterocycles. The molecule has 2 amide bonds. The van der Waals surface area contributed by atoms with Gasteiger partial charge in [0.05, 0.1) is 37.2 Å². The zero-order chi connectivity index (χ0) is 24.9. The van der Waals surface area contributed by atoms with Gasteiger partial charge in [-0.3, -0.25) is 14.4 Å². The number of aryl methyl sites for hydroxylation is 2. The maximum absolute atomic E-state index is 13.9. The van der Waals surface area contributed by atoms with Crippen LogP contribution < -0.4 is 5.32 Å². The molecule has 1 aromatic carbocycles. The lowest BCUT2D eigenvalue weighted by molar-refractivity contribution is -0.155. The number of halogens is 1. The summed E-state index contributed by atoms with van der Waals surface area (Å²) in [5.74, 6) is -2.97. The third kappa shape index (κ3) is 3.76. The molecule has 0 saturated carbocycles. The van der Waals surface area contributed by atoms with Crippen molar-refractivity contribution in [2.45, 2.75) is 69.7 Å². The number of hydrogen-bond acceptors (Lipinski definition) is 6. The lowest BCUT2D eigenvalue weighted by Gasteiger charge is -2.38. The number of aliphatic hydroxyl groups excluding tert-OH is 1. The first-order chi connectivity index (χ1) is 16.1. The van der Waals surface area contributed by atoms with Crippen LogP contribution in [0.25, 0.3) is 0 Å². The molecule has 1 aromatic rings. The quantitative estimate of drug-likeness (QED) is 0.409. The Labute approximate surface area is 208 Å². The van der Waals surface area contributed by atoms with Gasteiger partial charge in [-0.05, 0) is 50.3 Å². The topological polar surface area (TPSA) is 105 Å². The van der Waals surface area contributed by atoms with Gasteiger partial charge in [-0.2, -0.15) is 0 Å². The number of alkyl halides is 1. The van der Waals surface area contributed by atoms with Gasteiger partial charge in [-0.1, -0.05) is 41.9 Å². The Kier molecular flexibility index (Phi) is 6.83. The number of aliphatic hydroxyl groups is 1. The second-order valence-corrected chi connectivity index (χ2v) is 11.1. The number of carbonyl (C=O) groups is 3. The second-order valence-electron chi connectivity index (χ2n) is 9.96. The van der Waals surface area contributed by atoms with E-state index in [-0.39, 0.29) is 35.8 Å². The van der Waals surface area contributed by atoms with Crippen molar-refractivity contribution >= 4 is 39.4 Å². The van der Waals surface area contributed by atoms with Crippen LogP contribution in [0.3, 0.4) is 0 Å². The van der Waals surface area contributed by atoms with Crippen molar-refractivity contribution in [1.82, 2.24) is 4.90 Å². The number of esters is 1. The maximum atomic E-state index is 13.9. The van der Waals surface area contributed by atoms with Gasteiger partial charge in [-0.15, -0.1) is 0 Å². The summed E-state index contributed by atoms with van der Waals surface area (Å²) < 4.78 is 11.7. The van der Waals surface area contributed by atoms with Gasteiger partial charge in [0.2, 0.25) is 11.8 Å². The number of anilines is 1. The minimum atomic E-state index is -1.18. The molecule has 2 N–H and O–H groups in total. The van der Waals surface area contributed by atoms with Crippen LogP contribution in [0.4, 0.5) is 5.69 Å². The number of carbonyl (C=O) groups excluding carboxylic acids is 3. The zero-order valence-electron chi connectivity index (χ0n) is 20.2. The normalized spacial score (nSPS) is 32.8. The molecule has 4 rings (SSSR count). The van der Waals surface area contributed by atoms with Gasteiger partial charge in [0.15, 0.2) is 0 Å². The predicted octanol–water partition coefficient (Wildman–Crippen LogP) is 2.57. The van der Waals surface area contributed by atoms with Crippen molar-refractivity contribution in [3.63, 3.8) is 0 Å². The molecule has 3 fully saturated rings. The highest BCUT2D eigenvalue weighted by atomic mass is 79.9. The predicted molar refractivity (Wildman–Crippen MR) is 129 cm³/mol. The van der Waals surface area contributed by atoms with Gasteiger partial charge < -0.3 is 24.8 Å². The van der Waals surface area contributed by atoms with E-state index in [2.05, 4.69) is 21.2 Å². The standard InChI is InChI=1S/C25H33BrN2O6/c1-6-33-24(32)18-19-23(31)28(17(11-29)12(2)3)21(25(19)10-15(26)20(18)34-25)22(30)27-16-9-13(4)7-8-14(16)5/h7-9,12,15,17-21,29H,6,10-11H2,1-5H3,(H,27,30)/t15?,17-,18-,19-,20-,21?,25?/m0/s1. The summed E-state index contributed by atoms with van der Waals surface area (Å²) >= 11 is 3.63. The number of nitrogens with one attached hydrogen (secondary N) is 1. The van der Waals surface area contributed by atoms with Gasteiger partial charge in [0.25, 0.3) is 0 Å². The van der Waals surface area contributed by atoms with Gasteiger partial charge in [0, 0.05) is 10.5 Å². The number of benzene rings is 1. The van der Waals surface area contributed by atoms with Crippen LogP contribution in [-0.4, -0.2) is 69.6 Å². The number of nitrogens with zero attached hydrogens (tertiary/aromatic N) is 1. The Morgan fingerprint density at radius 3 is 2.68 bits per heavy atom. The summed E-state index contributed by atoms with van der Waals surface area (Å²) in [6.07, 6.45) is -0.153. The summed E-state index contributed by atoms with van der Waals surface area (Å²) in [7, 11) is 0. The number of likely N-dealkylation sites (tertiary alicyclic amines) is 1. The first-order valence-corrected chi connectivity index (χ1v) is 12.8. The van der Waals surface area contributed by atoms with Gasteiger partial charge >= 0.3 is 5.97 Å². The molecule has 3 unspecified atom stereocenters.